The molecular weight excluding hydrogens is 334 g/mol. The zero-order valence-corrected chi connectivity index (χ0v) is 14.0. The normalized spacial score (nSPS) is 11.5. The molecule has 1 aromatic carbocycles. The zero-order valence-electron chi connectivity index (χ0n) is 14.0. The van der Waals surface area contributed by atoms with Gasteiger partial charge in [-0.3, -0.25) is 0 Å². The Kier molecular flexibility index (Phi) is 3.02. The first-order valence-electron chi connectivity index (χ1n) is 7.92. The number of aromatic nitrogens is 7. The fourth-order valence-corrected chi connectivity index (χ4v) is 2.99. The Hall–Kier alpha value is -3.75. The van der Waals surface area contributed by atoms with Gasteiger partial charge in [0.1, 0.15) is 11.5 Å². The average Bonchev–Trinajstić information content (AvgIpc) is 3.40. The summed E-state index contributed by atoms with van der Waals surface area (Å²) in [5.41, 5.74) is 1.17. The van der Waals surface area contributed by atoms with Gasteiger partial charge in [0.25, 0.3) is 0 Å². The minimum atomic E-state index is 0.495. The van der Waals surface area contributed by atoms with Gasteiger partial charge < -0.3 is 9.26 Å². The third kappa shape index (κ3) is 2.00. The maximum atomic E-state index is 5.54. The topological polar surface area (TPSA) is 96.2 Å². The Morgan fingerprint density at radius 1 is 1.15 bits per heavy atom. The lowest BCUT2D eigenvalue weighted by atomic mass is 10.1. The largest absolute Gasteiger partial charge is 0.496 e. The maximum Gasteiger partial charge on any atom is 0.207 e. The van der Waals surface area contributed by atoms with Crippen molar-refractivity contribution in [1.29, 1.82) is 0 Å². The molecule has 0 aliphatic carbocycles. The van der Waals surface area contributed by atoms with E-state index in [1.807, 2.05) is 37.4 Å². The molecule has 0 aliphatic rings. The molecule has 0 atom stereocenters. The van der Waals surface area contributed by atoms with Crippen molar-refractivity contribution in [2.75, 3.05) is 7.11 Å². The Morgan fingerprint density at radius 3 is 2.81 bits per heavy atom. The molecule has 4 aromatic heterocycles. The number of hydrogen-bond donors (Lipinski definition) is 0. The van der Waals surface area contributed by atoms with E-state index in [9.17, 15) is 0 Å². The summed E-state index contributed by atoms with van der Waals surface area (Å²) in [6.07, 6.45) is 3.52. The SMILES string of the molecule is COc1cccc2c1c(-n1cccn1)nn1c(-c3cc(C)on3)nnc21. The monoisotopic (exact) mass is 347 g/mol. The molecule has 0 unspecified atom stereocenters. The van der Waals surface area contributed by atoms with Crippen LogP contribution in [0.3, 0.4) is 0 Å². The van der Waals surface area contributed by atoms with Gasteiger partial charge in [-0.1, -0.05) is 17.3 Å². The number of methoxy groups -OCH3 is 1. The van der Waals surface area contributed by atoms with E-state index >= 15 is 0 Å². The average molecular weight is 347 g/mol. The van der Waals surface area contributed by atoms with Crippen molar-refractivity contribution < 1.29 is 9.26 Å². The van der Waals surface area contributed by atoms with Gasteiger partial charge in [0.2, 0.25) is 5.82 Å². The van der Waals surface area contributed by atoms with E-state index in [4.69, 9.17) is 14.4 Å². The maximum absolute atomic E-state index is 5.54. The molecular formula is C17H13N7O2. The molecule has 0 aliphatic heterocycles. The summed E-state index contributed by atoms with van der Waals surface area (Å²) in [5, 5.41) is 23.3. The summed E-state index contributed by atoms with van der Waals surface area (Å²) in [5.74, 6) is 2.47. The summed E-state index contributed by atoms with van der Waals surface area (Å²) in [4.78, 5) is 0. The molecule has 0 fully saturated rings. The molecule has 0 saturated heterocycles. The Bertz CT molecular complexity index is 1240. The molecule has 26 heavy (non-hydrogen) atoms. The quantitative estimate of drug-likeness (QED) is 0.494. The van der Waals surface area contributed by atoms with Crippen LogP contribution in [-0.4, -0.2) is 41.9 Å². The number of benzene rings is 1. The van der Waals surface area contributed by atoms with E-state index < -0.39 is 0 Å². The van der Waals surface area contributed by atoms with E-state index in [-0.39, 0.29) is 0 Å². The third-order valence-electron chi connectivity index (χ3n) is 4.12. The standard InChI is InChI=1S/C17H13N7O2/c1-10-9-12(22-26-10)16-20-19-15-11-5-3-6-13(25-2)14(11)17(21-24(15)16)23-8-4-7-18-23/h3-9H,1-2H3. The highest BCUT2D eigenvalue weighted by molar-refractivity contribution is 6.01. The molecule has 128 valence electrons. The van der Waals surface area contributed by atoms with Crippen LogP contribution in [0.2, 0.25) is 0 Å². The van der Waals surface area contributed by atoms with Gasteiger partial charge in [0.05, 0.1) is 12.5 Å². The Morgan fingerprint density at radius 2 is 2.08 bits per heavy atom. The van der Waals surface area contributed by atoms with Gasteiger partial charge in [-0.25, -0.2) is 4.68 Å². The number of aryl methyl sites for hydroxylation is 1. The number of fused-ring (bicyclic) bond motifs is 3. The fourth-order valence-electron chi connectivity index (χ4n) is 2.99. The number of nitrogens with zero attached hydrogens (tertiary/aromatic N) is 7. The lowest BCUT2D eigenvalue weighted by molar-refractivity contribution is 0.399. The summed E-state index contributed by atoms with van der Waals surface area (Å²) in [7, 11) is 1.62. The van der Waals surface area contributed by atoms with Crippen LogP contribution in [0.15, 0.2) is 47.2 Å². The summed E-state index contributed by atoms with van der Waals surface area (Å²) in [6.45, 7) is 1.82. The molecule has 0 bridgehead atoms. The number of ether oxygens (including phenoxy) is 1. The molecule has 9 heteroatoms. The second kappa shape index (κ2) is 5.38. The highest BCUT2D eigenvalue weighted by atomic mass is 16.5. The van der Waals surface area contributed by atoms with E-state index in [0.717, 1.165) is 10.8 Å². The van der Waals surface area contributed by atoms with E-state index in [2.05, 4.69) is 20.5 Å². The molecule has 0 radical (unpaired) electrons. The summed E-state index contributed by atoms with van der Waals surface area (Å²) < 4.78 is 14.0. The lowest BCUT2D eigenvalue weighted by Gasteiger charge is -2.11. The number of rotatable bonds is 3. The Balaban J connectivity index is 1.93. The number of hydrogen-bond acceptors (Lipinski definition) is 7. The smallest absolute Gasteiger partial charge is 0.207 e. The van der Waals surface area contributed by atoms with Crippen LogP contribution in [0.1, 0.15) is 5.76 Å². The van der Waals surface area contributed by atoms with E-state index in [1.165, 1.54) is 0 Å². The van der Waals surface area contributed by atoms with Gasteiger partial charge in [0.15, 0.2) is 17.2 Å². The highest BCUT2D eigenvalue weighted by Gasteiger charge is 2.20. The fraction of sp³-hybridized carbons (Fsp3) is 0.118. The van der Waals surface area contributed by atoms with Crippen LogP contribution in [0, 0.1) is 6.92 Å². The van der Waals surface area contributed by atoms with E-state index in [1.54, 1.807) is 28.6 Å². The van der Waals surface area contributed by atoms with Crippen LogP contribution in [-0.2, 0) is 0 Å². The predicted octanol–water partition coefficient (Wildman–Crippen LogP) is 2.44. The van der Waals surface area contributed by atoms with Crippen molar-refractivity contribution in [2.24, 2.45) is 0 Å². The van der Waals surface area contributed by atoms with Crippen molar-refractivity contribution >= 4 is 16.4 Å². The molecule has 5 aromatic rings. The highest BCUT2D eigenvalue weighted by Crippen LogP contribution is 2.33. The molecule has 0 N–H and O–H groups in total. The van der Waals surface area contributed by atoms with Gasteiger partial charge >= 0.3 is 0 Å². The summed E-state index contributed by atoms with van der Waals surface area (Å²) in [6, 6.07) is 9.37. The van der Waals surface area contributed by atoms with Crippen LogP contribution in [0.4, 0.5) is 0 Å². The zero-order chi connectivity index (χ0) is 17.7. The van der Waals surface area contributed by atoms with Crippen molar-refractivity contribution in [3.05, 3.63) is 48.5 Å². The van der Waals surface area contributed by atoms with Crippen molar-refractivity contribution in [2.45, 2.75) is 6.92 Å². The predicted molar refractivity (Wildman–Crippen MR) is 92.2 cm³/mol. The molecule has 0 saturated carbocycles. The second-order valence-electron chi connectivity index (χ2n) is 5.74. The van der Waals surface area contributed by atoms with Crippen molar-refractivity contribution in [1.82, 2.24) is 34.7 Å². The minimum Gasteiger partial charge on any atom is -0.496 e. The van der Waals surface area contributed by atoms with Crippen molar-refractivity contribution in [3.8, 4) is 23.1 Å². The first kappa shape index (κ1) is 14.6. The van der Waals surface area contributed by atoms with Crippen LogP contribution < -0.4 is 4.74 Å². The molecule has 5 rings (SSSR count). The molecule has 0 amide bonds. The second-order valence-corrected chi connectivity index (χ2v) is 5.74. The van der Waals surface area contributed by atoms with Crippen LogP contribution >= 0.6 is 0 Å². The first-order chi connectivity index (χ1) is 12.8. The molecule has 4 heterocycles. The van der Waals surface area contributed by atoms with Gasteiger partial charge in [-0.2, -0.15) is 9.61 Å². The van der Waals surface area contributed by atoms with Gasteiger partial charge in [-0.15, -0.1) is 15.3 Å². The summed E-state index contributed by atoms with van der Waals surface area (Å²) >= 11 is 0. The van der Waals surface area contributed by atoms with Gasteiger partial charge in [-0.05, 0) is 19.1 Å². The first-order valence-corrected chi connectivity index (χ1v) is 7.92. The van der Waals surface area contributed by atoms with Crippen LogP contribution in [0.5, 0.6) is 5.75 Å². The molecule has 0 spiro atoms. The minimum absolute atomic E-state index is 0.495. The van der Waals surface area contributed by atoms with Crippen molar-refractivity contribution in [3.63, 3.8) is 0 Å². The van der Waals surface area contributed by atoms with Gasteiger partial charge in [0, 0.05) is 23.8 Å². The Labute approximate surface area is 146 Å². The third-order valence-corrected chi connectivity index (χ3v) is 4.12. The van der Waals surface area contributed by atoms with E-state index in [0.29, 0.717) is 34.5 Å². The van der Waals surface area contributed by atoms with Crippen LogP contribution in [0.25, 0.3) is 33.8 Å². The molecule has 9 nitrogen and oxygen atoms in total. The lowest BCUT2D eigenvalue weighted by Crippen LogP contribution is -2.06.